The second kappa shape index (κ2) is 3.64. The molecule has 1 radical (unpaired) electrons. The molecule has 0 aliphatic rings. The van der Waals surface area contributed by atoms with Crippen LogP contribution in [0.5, 0.6) is 5.88 Å². The van der Waals surface area contributed by atoms with Gasteiger partial charge in [0.15, 0.2) is 0 Å². The van der Waals surface area contributed by atoms with Gasteiger partial charge in [-0.1, -0.05) is 0 Å². The zero-order valence-corrected chi connectivity index (χ0v) is 6.85. The Morgan fingerprint density at radius 2 is 2.23 bits per heavy atom. The third-order valence-corrected chi connectivity index (χ3v) is 1.29. The summed E-state index contributed by atoms with van der Waals surface area (Å²) < 4.78 is 41.1. The van der Waals surface area contributed by atoms with E-state index in [2.05, 4.69) is 11.2 Å². The topological polar surface area (TPSA) is 22.1 Å². The number of alkyl halides is 3. The highest BCUT2D eigenvalue weighted by Gasteiger charge is 2.30. The minimum Gasteiger partial charge on any atom is -0.478 e. The Balaban J connectivity index is 2.92. The average Bonchev–Trinajstić information content (AvgIpc) is 2.04. The normalized spacial score (nSPS) is 11.4. The van der Waals surface area contributed by atoms with Crippen molar-refractivity contribution in [3.8, 4) is 5.88 Å². The van der Waals surface area contributed by atoms with Gasteiger partial charge in [-0.05, 0) is 13.0 Å². The van der Waals surface area contributed by atoms with Crippen molar-refractivity contribution < 1.29 is 17.9 Å². The van der Waals surface area contributed by atoms with Gasteiger partial charge in [0, 0.05) is 6.07 Å². The molecule has 1 aromatic heterocycles. The number of aromatic nitrogens is 1. The highest BCUT2D eigenvalue weighted by molar-refractivity contribution is 5.22. The molecule has 0 saturated carbocycles. The van der Waals surface area contributed by atoms with Crippen molar-refractivity contribution in [2.24, 2.45) is 0 Å². The van der Waals surface area contributed by atoms with E-state index in [1.54, 1.807) is 6.92 Å². The molecule has 0 spiro atoms. The first-order valence-electron chi connectivity index (χ1n) is 3.62. The van der Waals surface area contributed by atoms with Crippen molar-refractivity contribution in [1.29, 1.82) is 0 Å². The van der Waals surface area contributed by atoms with Crippen molar-refractivity contribution in [2.45, 2.75) is 13.1 Å². The van der Waals surface area contributed by atoms with Crippen molar-refractivity contribution >= 4 is 0 Å². The highest BCUT2D eigenvalue weighted by atomic mass is 19.4. The Morgan fingerprint density at radius 3 is 2.77 bits per heavy atom. The fourth-order valence-corrected chi connectivity index (χ4v) is 0.758. The van der Waals surface area contributed by atoms with Crippen LogP contribution < -0.4 is 4.74 Å². The molecule has 0 unspecified atom stereocenters. The average molecular weight is 190 g/mol. The lowest BCUT2D eigenvalue weighted by atomic mass is 10.2. The largest absolute Gasteiger partial charge is 0.478 e. The summed E-state index contributed by atoms with van der Waals surface area (Å²) in [4.78, 5) is 3.50. The summed E-state index contributed by atoms with van der Waals surface area (Å²) in [6.07, 6.45) is -2.24. The molecule has 13 heavy (non-hydrogen) atoms. The first-order chi connectivity index (χ1) is 6.04. The van der Waals surface area contributed by atoms with Gasteiger partial charge in [0.25, 0.3) is 0 Å². The molecule has 0 N–H and O–H groups in total. The van der Waals surface area contributed by atoms with Crippen LogP contribution in [0.4, 0.5) is 13.2 Å². The maximum absolute atomic E-state index is 12.1. The molecule has 0 bridgehead atoms. The van der Waals surface area contributed by atoms with Crippen molar-refractivity contribution in [1.82, 2.24) is 4.98 Å². The number of pyridine rings is 1. The van der Waals surface area contributed by atoms with E-state index in [9.17, 15) is 13.2 Å². The van der Waals surface area contributed by atoms with Gasteiger partial charge in [0.05, 0.1) is 18.4 Å². The van der Waals surface area contributed by atoms with Crippen molar-refractivity contribution in [3.05, 3.63) is 23.9 Å². The Labute approximate surface area is 73.4 Å². The van der Waals surface area contributed by atoms with Crippen LogP contribution in [-0.2, 0) is 6.18 Å². The summed E-state index contributed by atoms with van der Waals surface area (Å²) in [6.45, 7) is 1.95. The minimum absolute atomic E-state index is 0.0580. The Hall–Kier alpha value is -1.26. The molecule has 0 amide bonds. The summed E-state index contributed by atoms with van der Waals surface area (Å²) in [7, 11) is 0. The van der Waals surface area contributed by atoms with E-state index >= 15 is 0 Å². The number of ether oxygens (including phenoxy) is 1. The zero-order chi connectivity index (χ0) is 9.90. The molecule has 0 saturated heterocycles. The lowest BCUT2D eigenvalue weighted by molar-refractivity contribution is -0.137. The van der Waals surface area contributed by atoms with Crippen LogP contribution in [0.2, 0.25) is 0 Å². The van der Waals surface area contributed by atoms with Crippen molar-refractivity contribution in [2.75, 3.05) is 6.61 Å². The van der Waals surface area contributed by atoms with Gasteiger partial charge in [0.1, 0.15) is 0 Å². The summed E-state index contributed by atoms with van der Waals surface area (Å²) in [5.41, 5.74) is -0.800. The first kappa shape index (κ1) is 9.83. The molecule has 1 heterocycles. The van der Waals surface area contributed by atoms with Crippen molar-refractivity contribution in [3.63, 3.8) is 0 Å². The zero-order valence-electron chi connectivity index (χ0n) is 6.85. The predicted molar refractivity (Wildman–Crippen MR) is 39.2 cm³/mol. The molecular formula is C8H7F3NO. The molecule has 0 fully saturated rings. The maximum atomic E-state index is 12.1. The van der Waals surface area contributed by atoms with E-state index in [0.29, 0.717) is 0 Å². The molecule has 0 aliphatic carbocycles. The number of hydrogen-bond donors (Lipinski definition) is 0. The molecule has 0 atom stereocenters. The third-order valence-electron chi connectivity index (χ3n) is 1.29. The van der Waals surface area contributed by atoms with Gasteiger partial charge in [-0.3, -0.25) is 0 Å². The van der Waals surface area contributed by atoms with Gasteiger partial charge in [0.2, 0.25) is 5.88 Å². The van der Waals surface area contributed by atoms with E-state index in [-0.39, 0.29) is 12.5 Å². The minimum atomic E-state index is -4.37. The highest BCUT2D eigenvalue weighted by Crippen LogP contribution is 2.30. The molecule has 71 valence electrons. The molecule has 0 aliphatic heterocycles. The van der Waals surface area contributed by atoms with Crippen LogP contribution in [0.15, 0.2) is 12.1 Å². The van der Waals surface area contributed by atoms with Crippen LogP contribution >= 0.6 is 0 Å². The summed E-state index contributed by atoms with van der Waals surface area (Å²) in [5.74, 6) is -0.0580. The van der Waals surface area contributed by atoms with Crippen LogP contribution in [0.1, 0.15) is 12.5 Å². The van der Waals surface area contributed by atoms with Crippen LogP contribution in [0.3, 0.4) is 0 Å². The molecule has 0 aromatic carbocycles. The predicted octanol–water partition coefficient (Wildman–Crippen LogP) is 2.30. The first-order valence-corrected chi connectivity index (χ1v) is 3.62. The molecular weight excluding hydrogens is 183 g/mol. The van der Waals surface area contributed by atoms with Crippen LogP contribution in [0, 0.1) is 6.20 Å². The second-order valence-corrected chi connectivity index (χ2v) is 2.25. The molecule has 5 heteroatoms. The Morgan fingerprint density at radius 1 is 1.54 bits per heavy atom. The lowest BCUT2D eigenvalue weighted by Gasteiger charge is -2.07. The van der Waals surface area contributed by atoms with Gasteiger partial charge < -0.3 is 4.74 Å². The van der Waals surface area contributed by atoms with Gasteiger partial charge in [-0.15, -0.1) is 0 Å². The molecule has 1 rings (SSSR count). The van der Waals surface area contributed by atoms with E-state index in [1.807, 2.05) is 0 Å². The van der Waals surface area contributed by atoms with E-state index in [0.717, 1.165) is 12.1 Å². The molecule has 2 nitrogen and oxygen atoms in total. The number of nitrogens with zero attached hydrogens (tertiary/aromatic N) is 1. The quantitative estimate of drug-likeness (QED) is 0.713. The number of hydrogen-bond acceptors (Lipinski definition) is 2. The summed E-state index contributed by atoms with van der Waals surface area (Å²) in [5, 5.41) is 0. The third kappa shape index (κ3) is 2.61. The lowest BCUT2D eigenvalue weighted by Crippen LogP contribution is -2.06. The molecule has 1 aromatic rings. The van der Waals surface area contributed by atoms with E-state index < -0.39 is 11.7 Å². The standard InChI is InChI=1S/C8H7F3NO/c1-2-13-7-5-6(3-4-12-7)8(9,10)11/h3,5H,2H2,1H3. The van der Waals surface area contributed by atoms with Gasteiger partial charge >= 0.3 is 6.18 Å². The number of rotatable bonds is 2. The Kier molecular flexibility index (Phi) is 2.75. The van der Waals surface area contributed by atoms with E-state index in [1.165, 1.54) is 0 Å². The van der Waals surface area contributed by atoms with Gasteiger partial charge in [-0.2, -0.15) is 13.2 Å². The summed E-state index contributed by atoms with van der Waals surface area (Å²) >= 11 is 0. The van der Waals surface area contributed by atoms with Gasteiger partial charge in [-0.25, -0.2) is 4.98 Å². The Bertz CT molecular complexity index is 285. The fourth-order valence-electron chi connectivity index (χ4n) is 0.758. The maximum Gasteiger partial charge on any atom is 0.416 e. The monoisotopic (exact) mass is 190 g/mol. The van der Waals surface area contributed by atoms with Crippen LogP contribution in [0.25, 0.3) is 0 Å². The smallest absolute Gasteiger partial charge is 0.416 e. The number of halogens is 3. The summed E-state index contributed by atoms with van der Waals surface area (Å²) in [6, 6.07) is 1.63. The SMILES string of the molecule is CCOc1cc(C(F)(F)F)c[c]n1. The second-order valence-electron chi connectivity index (χ2n) is 2.25. The fraction of sp³-hybridized carbons (Fsp3) is 0.375. The van der Waals surface area contributed by atoms with E-state index in [4.69, 9.17) is 4.74 Å². The van der Waals surface area contributed by atoms with Crippen LogP contribution in [-0.4, -0.2) is 11.6 Å².